The van der Waals surface area contributed by atoms with Crippen LogP contribution in [0.3, 0.4) is 0 Å². The lowest BCUT2D eigenvalue weighted by atomic mass is 9.79. The van der Waals surface area contributed by atoms with Crippen molar-refractivity contribution in [2.45, 2.75) is 50.5 Å². The van der Waals surface area contributed by atoms with Gasteiger partial charge in [0.2, 0.25) is 10.0 Å². The highest BCUT2D eigenvalue weighted by atomic mass is 35.5. The van der Waals surface area contributed by atoms with E-state index in [-0.39, 0.29) is 40.2 Å². The number of carbonyl (C=O) groups is 1. The van der Waals surface area contributed by atoms with Gasteiger partial charge in [0.25, 0.3) is 5.91 Å². The minimum atomic E-state index is -3.65. The molecule has 2 fully saturated rings. The van der Waals surface area contributed by atoms with Crippen molar-refractivity contribution in [3.63, 3.8) is 0 Å². The summed E-state index contributed by atoms with van der Waals surface area (Å²) in [4.78, 5) is 15.0. The second-order valence-corrected chi connectivity index (χ2v) is 9.98. The number of rotatable bonds is 3. The molecule has 3 rings (SSSR count). The minimum absolute atomic E-state index is 0. The van der Waals surface area contributed by atoms with Crippen molar-refractivity contribution < 1.29 is 13.2 Å². The summed E-state index contributed by atoms with van der Waals surface area (Å²) in [5, 5.41) is 0. The molecule has 0 aliphatic carbocycles. The Morgan fingerprint density at radius 3 is 2.37 bits per heavy atom. The van der Waals surface area contributed by atoms with E-state index in [4.69, 9.17) is 5.73 Å². The van der Waals surface area contributed by atoms with Gasteiger partial charge in [-0.3, -0.25) is 4.79 Å². The van der Waals surface area contributed by atoms with Crippen molar-refractivity contribution in [2.75, 3.05) is 26.2 Å². The molecule has 0 radical (unpaired) electrons. The molecule has 0 spiro atoms. The molecule has 2 heterocycles. The predicted octanol–water partition coefficient (Wildman–Crippen LogP) is 2.48. The number of amides is 1. The van der Waals surface area contributed by atoms with E-state index in [0.29, 0.717) is 26.2 Å². The van der Waals surface area contributed by atoms with Gasteiger partial charge in [-0.1, -0.05) is 32.4 Å². The highest BCUT2D eigenvalue weighted by Gasteiger charge is 2.37. The van der Waals surface area contributed by atoms with Crippen LogP contribution in [0.2, 0.25) is 0 Å². The van der Waals surface area contributed by atoms with Crippen LogP contribution in [0.15, 0.2) is 29.2 Å². The van der Waals surface area contributed by atoms with Gasteiger partial charge in [-0.2, -0.15) is 4.31 Å². The van der Waals surface area contributed by atoms with E-state index in [2.05, 4.69) is 0 Å². The lowest BCUT2D eigenvalue weighted by Crippen LogP contribution is -2.54. The molecule has 2 saturated heterocycles. The SMILES string of the molecule is CC1(C)CN(C(=O)c2ccccc2S(=O)(=O)N2CCCCC2)CCC1N.Cl. The zero-order valence-electron chi connectivity index (χ0n) is 16.1. The number of sulfonamides is 1. The summed E-state index contributed by atoms with van der Waals surface area (Å²) in [5.41, 5.74) is 6.25. The molecule has 0 aromatic heterocycles. The van der Waals surface area contributed by atoms with Crippen molar-refractivity contribution >= 4 is 28.3 Å². The van der Waals surface area contributed by atoms with Crippen LogP contribution in [0, 0.1) is 5.41 Å². The number of nitrogens with zero attached hydrogens (tertiary/aromatic N) is 2. The van der Waals surface area contributed by atoms with Crippen molar-refractivity contribution in [1.29, 1.82) is 0 Å². The second-order valence-electron chi connectivity index (χ2n) is 8.07. The molecule has 1 aromatic carbocycles. The zero-order valence-corrected chi connectivity index (χ0v) is 17.7. The van der Waals surface area contributed by atoms with E-state index in [0.717, 1.165) is 25.7 Å². The molecular weight excluding hydrogens is 386 g/mol. The third kappa shape index (κ3) is 4.47. The summed E-state index contributed by atoms with van der Waals surface area (Å²) in [6, 6.07) is 6.63. The monoisotopic (exact) mass is 415 g/mol. The topological polar surface area (TPSA) is 83.7 Å². The van der Waals surface area contributed by atoms with Gasteiger partial charge < -0.3 is 10.6 Å². The first-order valence-electron chi connectivity index (χ1n) is 9.37. The average molecular weight is 416 g/mol. The second kappa shape index (κ2) is 8.47. The largest absolute Gasteiger partial charge is 0.338 e. The number of nitrogens with two attached hydrogens (primary N) is 1. The predicted molar refractivity (Wildman–Crippen MR) is 109 cm³/mol. The fraction of sp³-hybridized carbons (Fsp3) is 0.632. The molecule has 152 valence electrons. The van der Waals surface area contributed by atoms with Gasteiger partial charge in [-0.15, -0.1) is 12.4 Å². The van der Waals surface area contributed by atoms with Gasteiger partial charge in [0.15, 0.2) is 0 Å². The van der Waals surface area contributed by atoms with Crippen molar-refractivity contribution in [2.24, 2.45) is 11.1 Å². The molecule has 2 aliphatic heterocycles. The summed E-state index contributed by atoms with van der Waals surface area (Å²) in [5.74, 6) is -0.221. The fourth-order valence-corrected chi connectivity index (χ4v) is 5.53. The van der Waals surface area contributed by atoms with Gasteiger partial charge >= 0.3 is 0 Å². The number of benzene rings is 1. The molecule has 2 N–H and O–H groups in total. The molecule has 0 saturated carbocycles. The first kappa shape index (κ1) is 22.1. The Balaban J connectivity index is 0.00000261. The van der Waals surface area contributed by atoms with Gasteiger partial charge in [0, 0.05) is 32.2 Å². The number of carbonyl (C=O) groups excluding carboxylic acids is 1. The lowest BCUT2D eigenvalue weighted by molar-refractivity contribution is 0.0529. The highest BCUT2D eigenvalue weighted by Crippen LogP contribution is 2.30. The molecule has 1 unspecified atom stereocenters. The van der Waals surface area contributed by atoms with Crippen LogP contribution in [0.4, 0.5) is 0 Å². The Hall–Kier alpha value is -1.15. The van der Waals surface area contributed by atoms with Gasteiger partial charge in [0.1, 0.15) is 0 Å². The van der Waals surface area contributed by atoms with Gasteiger partial charge in [-0.25, -0.2) is 8.42 Å². The van der Waals surface area contributed by atoms with E-state index in [1.807, 2.05) is 13.8 Å². The molecule has 0 bridgehead atoms. The van der Waals surface area contributed by atoms with Gasteiger partial charge in [0.05, 0.1) is 10.5 Å². The van der Waals surface area contributed by atoms with E-state index in [1.54, 1.807) is 29.2 Å². The molecule has 1 atom stereocenters. The summed E-state index contributed by atoms with van der Waals surface area (Å²) < 4.78 is 27.7. The first-order chi connectivity index (χ1) is 12.2. The van der Waals surface area contributed by atoms with Crippen LogP contribution in [0.25, 0.3) is 0 Å². The third-order valence-electron chi connectivity index (χ3n) is 5.65. The van der Waals surface area contributed by atoms with Crippen LogP contribution in [-0.2, 0) is 10.0 Å². The first-order valence-corrected chi connectivity index (χ1v) is 10.8. The van der Waals surface area contributed by atoms with Crippen LogP contribution in [-0.4, -0.2) is 55.8 Å². The maximum atomic E-state index is 13.1. The summed E-state index contributed by atoms with van der Waals surface area (Å²) in [7, 11) is -3.65. The molecule has 6 nitrogen and oxygen atoms in total. The zero-order chi connectivity index (χ0) is 18.9. The van der Waals surface area contributed by atoms with E-state index < -0.39 is 10.0 Å². The summed E-state index contributed by atoms with van der Waals surface area (Å²) in [6.07, 6.45) is 3.51. The molecule has 27 heavy (non-hydrogen) atoms. The van der Waals surface area contributed by atoms with Crippen molar-refractivity contribution in [3.8, 4) is 0 Å². The van der Waals surface area contributed by atoms with E-state index in [9.17, 15) is 13.2 Å². The Kier molecular flexibility index (Phi) is 6.95. The van der Waals surface area contributed by atoms with Crippen molar-refractivity contribution in [1.82, 2.24) is 9.21 Å². The maximum Gasteiger partial charge on any atom is 0.255 e. The van der Waals surface area contributed by atoms with Crippen LogP contribution in [0.1, 0.15) is 49.9 Å². The van der Waals surface area contributed by atoms with E-state index in [1.165, 1.54) is 4.31 Å². The maximum absolute atomic E-state index is 13.1. The Morgan fingerprint density at radius 1 is 1.11 bits per heavy atom. The van der Waals surface area contributed by atoms with Gasteiger partial charge in [-0.05, 0) is 36.8 Å². The Labute approximate surface area is 168 Å². The molecule has 8 heteroatoms. The number of piperidine rings is 2. The van der Waals surface area contributed by atoms with Crippen LogP contribution < -0.4 is 5.73 Å². The highest BCUT2D eigenvalue weighted by molar-refractivity contribution is 7.89. The third-order valence-corrected chi connectivity index (χ3v) is 7.61. The number of hydrogen-bond donors (Lipinski definition) is 1. The summed E-state index contributed by atoms with van der Waals surface area (Å²) in [6.45, 7) is 6.24. The fourth-order valence-electron chi connectivity index (χ4n) is 3.83. The Morgan fingerprint density at radius 2 is 1.74 bits per heavy atom. The minimum Gasteiger partial charge on any atom is -0.338 e. The molecule has 1 aromatic rings. The quantitative estimate of drug-likeness (QED) is 0.821. The number of halogens is 1. The van der Waals surface area contributed by atoms with Crippen LogP contribution in [0.5, 0.6) is 0 Å². The van der Waals surface area contributed by atoms with E-state index >= 15 is 0 Å². The molecular formula is C19H30ClN3O3S. The molecule has 2 aliphatic rings. The normalized spacial score (nSPS) is 23.5. The lowest BCUT2D eigenvalue weighted by Gasteiger charge is -2.42. The van der Waals surface area contributed by atoms with Crippen molar-refractivity contribution in [3.05, 3.63) is 29.8 Å². The number of likely N-dealkylation sites (tertiary alicyclic amines) is 1. The smallest absolute Gasteiger partial charge is 0.255 e. The molecule has 1 amide bonds. The standard InChI is InChI=1S/C19H29N3O3S.ClH/c1-19(2)14-21(13-10-17(19)20)18(23)15-8-4-5-9-16(15)26(24,25)22-11-6-3-7-12-22;/h4-5,8-9,17H,3,6-7,10-14,20H2,1-2H3;1H. The average Bonchev–Trinajstić information content (AvgIpc) is 2.64. The summed E-state index contributed by atoms with van der Waals surface area (Å²) >= 11 is 0. The Bertz CT molecular complexity index is 776. The number of hydrogen-bond acceptors (Lipinski definition) is 4. The van der Waals surface area contributed by atoms with Crippen LogP contribution >= 0.6 is 12.4 Å².